The van der Waals surface area contributed by atoms with E-state index in [1.54, 1.807) is 60.7 Å². The largest absolute Gasteiger partial charge is 0.477 e. The Labute approximate surface area is 583 Å². The number of rotatable bonds is 23. The normalized spacial score (nSPS) is 12.2. The minimum absolute atomic E-state index is 0.0378. The molecule has 18 nitrogen and oxygen atoms in total. The summed E-state index contributed by atoms with van der Waals surface area (Å²) in [7, 11) is 0. The van der Waals surface area contributed by atoms with E-state index in [0.29, 0.717) is 23.3 Å². The van der Waals surface area contributed by atoms with Gasteiger partial charge in [0.15, 0.2) is 46.5 Å². The SMILES string of the molecule is C#CCNC(=O)N[C@](Cc1ccccc1)(c1ccc(F)cc1)c1cc(F)cc(OC(F)(F)C(F)F)c1.CC.O=C(NCc1cn(-c2c(F)c(F)c(C(=O)O)c(F)c2F)nn1)N[C@](Cc1ccccc1)(c1ccc(F)cc1)c1cc(F)cc(OC(F)(F)C(F)F)c1.[N-]=[N+]=Nc1c(F)c(F)c(C(=O)O)c(F)c1F. The molecule has 0 aliphatic heterocycles. The second-order valence-electron chi connectivity index (χ2n) is 21.2. The molecule has 4 amide bonds. The molecule has 0 saturated carbocycles. The van der Waals surface area contributed by atoms with Crippen molar-refractivity contribution in [2.45, 2.75) is 69.4 Å². The molecule has 1 heterocycles. The fourth-order valence-electron chi connectivity index (χ4n) is 9.75. The van der Waals surface area contributed by atoms with E-state index < -0.39 is 170 Å². The number of carbonyl (C=O) groups is 4. The van der Waals surface area contributed by atoms with Gasteiger partial charge in [-0.2, -0.15) is 35.1 Å². The van der Waals surface area contributed by atoms with Gasteiger partial charge in [-0.25, -0.2) is 76.5 Å². The molecule has 0 aliphatic carbocycles. The van der Waals surface area contributed by atoms with Gasteiger partial charge in [0.25, 0.3) is 0 Å². The molecule has 558 valence electrons. The molecule has 9 rings (SSSR count). The zero-order chi connectivity index (χ0) is 78.8. The maximum absolute atomic E-state index is 15.0. The third-order valence-electron chi connectivity index (χ3n) is 14.3. The van der Waals surface area contributed by atoms with E-state index in [-0.39, 0.29) is 52.0 Å². The van der Waals surface area contributed by atoms with Crippen LogP contribution >= 0.6 is 0 Å². The van der Waals surface area contributed by atoms with Crippen molar-refractivity contribution in [2.75, 3.05) is 6.54 Å². The predicted molar refractivity (Wildman–Crippen MR) is 333 cm³/mol. The molecule has 2 atom stereocenters. The molecule has 6 N–H and O–H groups in total. The topological polar surface area (TPSA) is 255 Å². The molecule has 1 aromatic heterocycles. The first-order valence-corrected chi connectivity index (χ1v) is 29.6. The van der Waals surface area contributed by atoms with Crippen LogP contribution < -0.4 is 30.7 Å². The molecular formula is C68H48F20N10O8. The Morgan fingerprint density at radius 2 is 0.915 bits per heavy atom. The van der Waals surface area contributed by atoms with Gasteiger partial charge in [0.1, 0.15) is 63.0 Å². The van der Waals surface area contributed by atoms with Crippen LogP contribution in [0.25, 0.3) is 16.1 Å². The number of alkyl halides is 8. The number of aromatic nitrogens is 3. The number of benzene rings is 8. The highest BCUT2D eigenvalue weighted by Gasteiger charge is 2.47. The van der Waals surface area contributed by atoms with Crippen LogP contribution in [-0.4, -0.2) is 80.8 Å². The first-order valence-electron chi connectivity index (χ1n) is 29.6. The molecule has 0 fully saturated rings. The molecule has 38 heteroatoms. The summed E-state index contributed by atoms with van der Waals surface area (Å²) in [5, 5.41) is 36.5. The van der Waals surface area contributed by atoms with Gasteiger partial charge in [0.05, 0.1) is 30.4 Å². The summed E-state index contributed by atoms with van der Waals surface area (Å²) in [4.78, 5) is 49.6. The van der Waals surface area contributed by atoms with Crippen LogP contribution in [0.2, 0.25) is 0 Å². The molecule has 0 spiro atoms. The number of amides is 4. The van der Waals surface area contributed by atoms with Gasteiger partial charge in [-0.3, -0.25) is 0 Å². The van der Waals surface area contributed by atoms with Crippen molar-refractivity contribution >= 4 is 29.7 Å². The van der Waals surface area contributed by atoms with E-state index in [1.807, 2.05) is 18.8 Å². The molecular weight excluding hydrogens is 1460 g/mol. The van der Waals surface area contributed by atoms with Crippen molar-refractivity contribution in [1.82, 2.24) is 36.3 Å². The molecule has 0 saturated heterocycles. The minimum Gasteiger partial charge on any atom is -0.477 e. The summed E-state index contributed by atoms with van der Waals surface area (Å²) in [6, 6.07) is 28.0. The summed E-state index contributed by atoms with van der Waals surface area (Å²) < 4.78 is 282. The Morgan fingerprint density at radius 3 is 1.27 bits per heavy atom. The van der Waals surface area contributed by atoms with Gasteiger partial charge < -0.3 is 41.0 Å². The molecule has 0 bridgehead atoms. The van der Waals surface area contributed by atoms with Crippen LogP contribution in [-0.2, 0) is 30.5 Å². The highest BCUT2D eigenvalue weighted by molar-refractivity contribution is 5.89. The summed E-state index contributed by atoms with van der Waals surface area (Å²) in [5.74, 6) is -25.0. The first kappa shape index (κ1) is 82.4. The number of carboxylic acid groups (broad SMARTS) is 2. The molecule has 106 heavy (non-hydrogen) atoms. The van der Waals surface area contributed by atoms with E-state index in [2.05, 4.69) is 52.1 Å². The Bertz CT molecular complexity index is 4640. The van der Waals surface area contributed by atoms with E-state index in [0.717, 1.165) is 54.7 Å². The number of hydrogen-bond acceptors (Lipinski definition) is 9. The second-order valence-corrected chi connectivity index (χ2v) is 21.2. The Kier molecular flexibility index (Phi) is 27.6. The molecule has 0 radical (unpaired) electrons. The number of terminal acetylenes is 1. The predicted octanol–water partition coefficient (Wildman–Crippen LogP) is 16.6. The average Bonchev–Trinajstić information content (AvgIpc) is 0.982. The van der Waals surface area contributed by atoms with E-state index in [1.165, 1.54) is 24.3 Å². The van der Waals surface area contributed by atoms with Crippen molar-refractivity contribution in [2.24, 2.45) is 5.11 Å². The van der Waals surface area contributed by atoms with E-state index in [9.17, 15) is 103 Å². The van der Waals surface area contributed by atoms with Gasteiger partial charge in [0.2, 0.25) is 0 Å². The molecule has 8 aromatic carbocycles. The standard InChI is InChI=1S/C33H21F10N5O4.C26H20F6N2O2.C7HF4N3O2.C2H6/c34-19-8-6-17(7-9-19)32(13-16-4-2-1-3-5-16,18-10-20(35)12-22(11-18)52-33(42,43)30(40)41)45-31(51)44-14-21-15-48(47-46-21)28-26(38)24(36)23(29(49)50)25(37)27(28)39;1-2-12-33-24(35)34-25(16-17-6-4-3-5-7-17,18-8-10-20(27)11-9-18)19-13-21(28)15-22(14-19)36-26(31,32)23(29)30;8-2-1(7(15)16)3(9)5(11)6(4(2)10)13-14-12;1-2/h1-12,15,30H,13-14H2,(H,49,50)(H2,44,45,51);1,3-11,13-15,23H,12,16H2,(H2,33,34,35);(H,15,16);1-2H3/t32-;25-;;/m11../s1. The lowest BCUT2D eigenvalue weighted by Gasteiger charge is -2.37. The monoisotopic (exact) mass is 1510 g/mol. The first-order chi connectivity index (χ1) is 50.0. The van der Waals surface area contributed by atoms with Crippen LogP contribution in [0.4, 0.5) is 103 Å². The lowest BCUT2D eigenvalue weighted by Crippen LogP contribution is -2.52. The number of halogens is 20. The summed E-state index contributed by atoms with van der Waals surface area (Å²) in [6.45, 7) is 3.20. The number of carboxylic acids is 2. The van der Waals surface area contributed by atoms with Gasteiger partial charge in [-0.05, 0) is 87.4 Å². The van der Waals surface area contributed by atoms with Crippen LogP contribution in [0.3, 0.4) is 0 Å². The Balaban J connectivity index is 0.000000280. The number of azide groups is 1. The third-order valence-corrected chi connectivity index (χ3v) is 14.3. The Morgan fingerprint density at radius 1 is 0.538 bits per heavy atom. The molecule has 0 unspecified atom stereocenters. The number of hydrogen-bond donors (Lipinski definition) is 6. The van der Waals surface area contributed by atoms with Crippen LogP contribution in [0.15, 0.2) is 157 Å². The van der Waals surface area contributed by atoms with Crippen molar-refractivity contribution in [1.29, 1.82) is 0 Å². The average molecular weight is 1510 g/mol. The van der Waals surface area contributed by atoms with Crippen LogP contribution in [0, 0.1) is 82.2 Å². The maximum Gasteiger partial charge on any atom is 0.461 e. The van der Waals surface area contributed by atoms with E-state index in [4.69, 9.17) is 22.2 Å². The lowest BCUT2D eigenvalue weighted by atomic mass is 9.77. The van der Waals surface area contributed by atoms with Crippen LogP contribution in [0.5, 0.6) is 11.5 Å². The number of carbonyl (C=O) groups excluding carboxylic acids is 2. The number of nitrogens with zero attached hydrogens (tertiary/aromatic N) is 6. The van der Waals surface area contributed by atoms with Crippen molar-refractivity contribution in [3.05, 3.63) is 282 Å². The number of nitrogens with one attached hydrogen (secondary N) is 4. The number of ether oxygens (including phenoxy) is 2. The Hall–Kier alpha value is -12.6. The van der Waals surface area contributed by atoms with Gasteiger partial charge in [-0.1, -0.05) is 115 Å². The van der Waals surface area contributed by atoms with Gasteiger partial charge in [-0.15, -0.1) is 11.5 Å². The number of urea groups is 2. The summed E-state index contributed by atoms with van der Waals surface area (Å²) >= 11 is 0. The van der Waals surface area contributed by atoms with Gasteiger partial charge in [0, 0.05) is 29.9 Å². The van der Waals surface area contributed by atoms with Crippen LogP contribution in [0.1, 0.15) is 73.6 Å². The minimum atomic E-state index is -5.05. The third kappa shape index (κ3) is 19.8. The summed E-state index contributed by atoms with van der Waals surface area (Å²) in [5.41, 5.74) is -1.92. The smallest absolute Gasteiger partial charge is 0.461 e. The van der Waals surface area contributed by atoms with Gasteiger partial charge >= 0.3 is 49.1 Å². The van der Waals surface area contributed by atoms with Crippen molar-refractivity contribution < 1.29 is 127 Å². The molecule has 0 aliphatic rings. The fraction of sp³-hybridized carbons (Fsp3) is 0.176. The zero-order valence-corrected chi connectivity index (χ0v) is 53.6. The quantitative estimate of drug-likeness (QED) is 0.00882. The lowest BCUT2D eigenvalue weighted by molar-refractivity contribution is -0.253. The van der Waals surface area contributed by atoms with Crippen molar-refractivity contribution in [3.8, 4) is 29.5 Å². The highest BCUT2D eigenvalue weighted by Crippen LogP contribution is 2.41. The van der Waals surface area contributed by atoms with E-state index >= 15 is 4.39 Å². The zero-order valence-electron chi connectivity index (χ0n) is 53.6. The fourth-order valence-corrected chi connectivity index (χ4v) is 9.75. The number of aromatic carboxylic acids is 2. The highest BCUT2D eigenvalue weighted by atomic mass is 19.3. The summed E-state index contributed by atoms with van der Waals surface area (Å²) in [6.07, 6.45) is -12.9. The maximum atomic E-state index is 15.0. The second kappa shape index (κ2) is 35.6. The van der Waals surface area contributed by atoms with Crippen molar-refractivity contribution in [3.63, 3.8) is 0 Å². The molecule has 9 aromatic rings.